The Morgan fingerprint density at radius 3 is 1.38 bits per heavy atom. The second kappa shape index (κ2) is 5.92. The summed E-state index contributed by atoms with van der Waals surface area (Å²) in [4.78, 5) is 23.9. The molecule has 106 valence electrons. The van der Waals surface area contributed by atoms with Gasteiger partial charge < -0.3 is 4.74 Å². The minimum atomic E-state index is -0.606. The molecular formula is C18H16O3. The van der Waals surface area contributed by atoms with Crippen LogP contribution in [0.3, 0.4) is 0 Å². The topological polar surface area (TPSA) is 43.4 Å². The smallest absolute Gasteiger partial charge is 0.346 e. The molecule has 0 aromatic heterocycles. The van der Waals surface area contributed by atoms with Crippen LogP contribution in [0.1, 0.15) is 44.7 Å². The van der Waals surface area contributed by atoms with Crippen LogP contribution in [-0.4, -0.2) is 11.9 Å². The Bertz CT molecular complexity index is 594. The molecule has 4 aliphatic rings. The third-order valence-corrected chi connectivity index (χ3v) is 3.75. The Labute approximate surface area is 123 Å². The van der Waals surface area contributed by atoms with Gasteiger partial charge in [-0.05, 0) is 61.1 Å². The lowest BCUT2D eigenvalue weighted by Gasteiger charge is -2.04. The lowest BCUT2D eigenvalue weighted by molar-refractivity contribution is 0.0398. The largest absolute Gasteiger partial charge is 0.386 e. The lowest BCUT2D eigenvalue weighted by atomic mass is 10.0. The van der Waals surface area contributed by atoms with E-state index in [0.29, 0.717) is 11.1 Å². The Morgan fingerprint density at radius 1 is 0.619 bits per heavy atom. The summed E-state index contributed by atoms with van der Waals surface area (Å²) >= 11 is 0. The summed E-state index contributed by atoms with van der Waals surface area (Å²) < 4.78 is 4.91. The second-order valence-electron chi connectivity index (χ2n) is 5.28. The summed E-state index contributed by atoms with van der Waals surface area (Å²) in [5, 5.41) is 0. The Morgan fingerprint density at radius 2 is 1.00 bits per heavy atom. The van der Waals surface area contributed by atoms with E-state index >= 15 is 0 Å². The maximum atomic E-state index is 11.9. The van der Waals surface area contributed by atoms with E-state index in [1.165, 1.54) is 11.1 Å². The molecule has 0 amide bonds. The molecule has 0 atom stereocenters. The minimum Gasteiger partial charge on any atom is -0.386 e. The third-order valence-electron chi connectivity index (χ3n) is 3.75. The van der Waals surface area contributed by atoms with Crippen LogP contribution in [0, 0.1) is 0 Å². The number of rotatable bonds is 0. The van der Waals surface area contributed by atoms with Crippen molar-refractivity contribution < 1.29 is 14.3 Å². The van der Waals surface area contributed by atoms with E-state index in [0.717, 1.165) is 25.7 Å². The minimum absolute atomic E-state index is 0.401. The van der Waals surface area contributed by atoms with Crippen molar-refractivity contribution >= 4 is 11.9 Å². The van der Waals surface area contributed by atoms with Gasteiger partial charge in [0.15, 0.2) is 0 Å². The zero-order valence-corrected chi connectivity index (χ0v) is 11.7. The monoisotopic (exact) mass is 280 g/mol. The number of carbonyl (C=O) groups is 2. The first kappa shape index (κ1) is 13.6. The fraction of sp³-hybridized carbons (Fsp3) is 0.222. The Hall–Kier alpha value is -2.42. The zero-order chi connectivity index (χ0) is 14.7. The molecule has 3 heteroatoms. The molecule has 0 N–H and O–H groups in total. The molecule has 4 bridgehead atoms. The van der Waals surface area contributed by atoms with Gasteiger partial charge in [-0.1, -0.05) is 24.3 Å². The van der Waals surface area contributed by atoms with Crippen LogP contribution in [0.15, 0.2) is 48.5 Å². The van der Waals surface area contributed by atoms with Gasteiger partial charge in [-0.25, -0.2) is 9.59 Å². The van der Waals surface area contributed by atoms with Gasteiger partial charge >= 0.3 is 11.9 Å². The number of benzene rings is 2. The molecule has 21 heavy (non-hydrogen) atoms. The summed E-state index contributed by atoms with van der Waals surface area (Å²) in [7, 11) is 0. The predicted molar refractivity (Wildman–Crippen MR) is 79.3 cm³/mol. The van der Waals surface area contributed by atoms with Crippen molar-refractivity contribution in [3.8, 4) is 0 Å². The van der Waals surface area contributed by atoms with Gasteiger partial charge in [0.25, 0.3) is 0 Å². The average Bonchev–Trinajstić information content (AvgIpc) is 2.53. The van der Waals surface area contributed by atoms with Crippen LogP contribution < -0.4 is 0 Å². The fourth-order valence-electron chi connectivity index (χ4n) is 2.48. The molecule has 0 saturated heterocycles. The van der Waals surface area contributed by atoms with Gasteiger partial charge in [-0.2, -0.15) is 0 Å². The maximum Gasteiger partial charge on any atom is 0.346 e. The highest BCUT2D eigenvalue weighted by atomic mass is 16.6. The molecule has 4 aliphatic heterocycles. The molecule has 6 rings (SSSR count). The molecule has 0 unspecified atom stereocenters. The van der Waals surface area contributed by atoms with Crippen molar-refractivity contribution in [3.63, 3.8) is 0 Å². The van der Waals surface area contributed by atoms with Gasteiger partial charge in [-0.3, -0.25) is 0 Å². The van der Waals surface area contributed by atoms with Gasteiger partial charge in [-0.15, -0.1) is 0 Å². The number of hydrogen-bond acceptors (Lipinski definition) is 3. The van der Waals surface area contributed by atoms with Crippen molar-refractivity contribution in [2.24, 2.45) is 0 Å². The highest BCUT2D eigenvalue weighted by Gasteiger charge is 2.15. The molecule has 4 heterocycles. The van der Waals surface area contributed by atoms with E-state index < -0.39 is 11.9 Å². The molecule has 0 spiro atoms. The molecule has 0 aliphatic carbocycles. The van der Waals surface area contributed by atoms with E-state index in [-0.39, 0.29) is 0 Å². The highest BCUT2D eigenvalue weighted by molar-refractivity contribution is 6.02. The predicted octanol–water partition coefficient (Wildman–Crippen LogP) is 3.56. The van der Waals surface area contributed by atoms with Gasteiger partial charge in [0.1, 0.15) is 0 Å². The number of carbonyl (C=O) groups excluding carboxylic acids is 2. The van der Waals surface area contributed by atoms with Crippen LogP contribution >= 0.6 is 0 Å². The average molecular weight is 280 g/mol. The summed E-state index contributed by atoms with van der Waals surface area (Å²) in [6.45, 7) is 0. The maximum absolute atomic E-state index is 11.9. The molecule has 3 nitrogen and oxygen atoms in total. The van der Waals surface area contributed by atoms with E-state index in [9.17, 15) is 9.59 Å². The number of esters is 2. The van der Waals surface area contributed by atoms with E-state index in [1.807, 2.05) is 24.3 Å². The van der Waals surface area contributed by atoms with Crippen molar-refractivity contribution in [2.45, 2.75) is 25.7 Å². The third kappa shape index (κ3) is 3.19. The first-order chi connectivity index (χ1) is 10.2. The molecule has 0 saturated carbocycles. The van der Waals surface area contributed by atoms with Crippen LogP contribution in [0.2, 0.25) is 0 Å². The van der Waals surface area contributed by atoms with Crippen LogP contribution in [0.25, 0.3) is 0 Å². The van der Waals surface area contributed by atoms with Crippen LogP contribution in [0.5, 0.6) is 0 Å². The molecule has 0 radical (unpaired) electrons. The van der Waals surface area contributed by atoms with Gasteiger partial charge in [0.05, 0.1) is 11.1 Å². The summed E-state index contributed by atoms with van der Waals surface area (Å²) in [6, 6.07) is 14.6. The van der Waals surface area contributed by atoms with Crippen LogP contribution in [0.4, 0.5) is 0 Å². The SMILES string of the molecule is O=C1OC(=O)c2ccc(cc2)CCCCc2ccc1cc2. The van der Waals surface area contributed by atoms with E-state index in [1.54, 1.807) is 24.3 Å². The molecule has 2 aromatic carbocycles. The van der Waals surface area contributed by atoms with Crippen LogP contribution in [-0.2, 0) is 17.6 Å². The first-order valence-corrected chi connectivity index (χ1v) is 7.17. The zero-order valence-electron chi connectivity index (χ0n) is 11.7. The Kier molecular flexibility index (Phi) is 3.82. The summed E-state index contributed by atoms with van der Waals surface area (Å²) in [5.74, 6) is -1.21. The molecular weight excluding hydrogens is 264 g/mol. The number of hydrogen-bond donors (Lipinski definition) is 0. The first-order valence-electron chi connectivity index (χ1n) is 7.17. The van der Waals surface area contributed by atoms with Crippen molar-refractivity contribution in [1.82, 2.24) is 0 Å². The molecule has 2 aromatic rings. The Balaban J connectivity index is 1.91. The summed E-state index contributed by atoms with van der Waals surface area (Å²) in [6.07, 6.45) is 4.19. The lowest BCUT2D eigenvalue weighted by Crippen LogP contribution is -2.12. The quantitative estimate of drug-likeness (QED) is 0.547. The fourth-order valence-corrected chi connectivity index (χ4v) is 2.48. The molecule has 0 fully saturated rings. The van der Waals surface area contributed by atoms with Gasteiger partial charge in [0, 0.05) is 0 Å². The standard InChI is InChI=1S/C18H16O3/c19-17-15-9-5-13(6-10-15)3-1-2-4-14-7-11-16(12-8-14)18(20)21-17/h5-12H,1-4H2. The number of aryl methyl sites for hydroxylation is 2. The van der Waals surface area contributed by atoms with Crippen molar-refractivity contribution in [1.29, 1.82) is 0 Å². The van der Waals surface area contributed by atoms with E-state index in [4.69, 9.17) is 4.74 Å². The van der Waals surface area contributed by atoms with Gasteiger partial charge in [0.2, 0.25) is 0 Å². The van der Waals surface area contributed by atoms with Crippen molar-refractivity contribution in [3.05, 3.63) is 70.8 Å². The second-order valence-corrected chi connectivity index (χ2v) is 5.28. The number of ether oxygens (including phenoxy) is 1. The highest BCUT2D eigenvalue weighted by Crippen LogP contribution is 2.14. The normalized spacial score (nSPS) is 15.4. The summed E-state index contributed by atoms with van der Waals surface area (Å²) in [5.41, 5.74) is 3.20. The van der Waals surface area contributed by atoms with Crippen molar-refractivity contribution in [2.75, 3.05) is 0 Å². The van der Waals surface area contributed by atoms with E-state index in [2.05, 4.69) is 0 Å².